The zero-order valence-electron chi connectivity index (χ0n) is 17.6. The second kappa shape index (κ2) is 7.44. The number of hydrogen-bond acceptors (Lipinski definition) is 6. The highest BCUT2D eigenvalue weighted by atomic mass is 19.3. The van der Waals surface area contributed by atoms with Gasteiger partial charge in [0.2, 0.25) is 11.7 Å². The number of nitrogens with one attached hydrogen (secondary N) is 1. The second-order valence-corrected chi connectivity index (χ2v) is 8.30. The van der Waals surface area contributed by atoms with E-state index >= 15 is 0 Å². The van der Waals surface area contributed by atoms with Gasteiger partial charge in [0, 0.05) is 18.7 Å². The van der Waals surface area contributed by atoms with Crippen LogP contribution < -0.4 is 0 Å². The van der Waals surface area contributed by atoms with Crippen molar-refractivity contribution in [3.63, 3.8) is 0 Å². The standard InChI is InChI=1S/C21H19F3N6O3/c1-21(2,32)20-27-15(18(23)24)17(33-20)19(31)29-6-5-12-14(26-9-25-12)16(29)13-7-11-4-3-10(22)8-30(11)28-13/h3-4,7-9,16,18,32H,5-6H2,1-2H3,(H,25,26)/t16-/m1/s1. The number of amides is 1. The van der Waals surface area contributed by atoms with Gasteiger partial charge in [0.25, 0.3) is 12.3 Å². The van der Waals surface area contributed by atoms with Crippen LogP contribution in [0.3, 0.4) is 0 Å². The highest BCUT2D eigenvalue weighted by molar-refractivity contribution is 5.93. The number of rotatable bonds is 4. The minimum atomic E-state index is -3.09. The van der Waals surface area contributed by atoms with E-state index in [4.69, 9.17) is 4.42 Å². The van der Waals surface area contributed by atoms with E-state index in [1.807, 2.05) is 0 Å². The van der Waals surface area contributed by atoms with Crippen molar-refractivity contribution in [3.05, 3.63) is 71.0 Å². The summed E-state index contributed by atoms with van der Waals surface area (Å²) in [7, 11) is 0. The molecule has 33 heavy (non-hydrogen) atoms. The molecule has 0 spiro atoms. The number of nitrogens with zero attached hydrogens (tertiary/aromatic N) is 5. The lowest BCUT2D eigenvalue weighted by Gasteiger charge is -2.33. The van der Waals surface area contributed by atoms with E-state index in [0.717, 1.165) is 5.69 Å². The summed E-state index contributed by atoms with van der Waals surface area (Å²) < 4.78 is 47.8. The smallest absolute Gasteiger partial charge is 0.292 e. The number of aromatic amines is 1. The first kappa shape index (κ1) is 21.2. The molecule has 172 valence electrons. The zero-order valence-corrected chi connectivity index (χ0v) is 17.6. The Labute approximate surface area is 184 Å². The fraction of sp³-hybridized carbons (Fsp3) is 0.333. The van der Waals surface area contributed by atoms with Crippen LogP contribution in [0.2, 0.25) is 0 Å². The number of hydrogen-bond donors (Lipinski definition) is 2. The third-order valence-corrected chi connectivity index (χ3v) is 5.49. The molecule has 1 atom stereocenters. The molecule has 0 unspecified atom stereocenters. The second-order valence-electron chi connectivity index (χ2n) is 8.30. The van der Waals surface area contributed by atoms with Crippen LogP contribution in [0.15, 0.2) is 35.1 Å². The van der Waals surface area contributed by atoms with Crippen molar-refractivity contribution in [1.82, 2.24) is 29.5 Å². The van der Waals surface area contributed by atoms with Crippen molar-refractivity contribution in [2.24, 2.45) is 0 Å². The molecule has 0 bridgehead atoms. The van der Waals surface area contributed by atoms with Gasteiger partial charge in [0.15, 0.2) is 5.69 Å². The minimum Gasteiger partial charge on any atom is -0.432 e. The number of imidazole rings is 1. The number of aliphatic hydroxyl groups is 1. The summed E-state index contributed by atoms with van der Waals surface area (Å²) in [5.41, 5.74) is -0.275. The molecule has 1 aliphatic heterocycles. The molecular weight excluding hydrogens is 441 g/mol. The number of aromatic nitrogens is 5. The maximum Gasteiger partial charge on any atom is 0.292 e. The van der Waals surface area contributed by atoms with Crippen molar-refractivity contribution in [2.75, 3.05) is 6.54 Å². The number of halogens is 3. The largest absolute Gasteiger partial charge is 0.432 e. The van der Waals surface area contributed by atoms with Crippen LogP contribution in [0.5, 0.6) is 0 Å². The van der Waals surface area contributed by atoms with Crippen LogP contribution >= 0.6 is 0 Å². The van der Waals surface area contributed by atoms with E-state index < -0.39 is 47.1 Å². The van der Waals surface area contributed by atoms with Crippen molar-refractivity contribution in [1.29, 1.82) is 0 Å². The summed E-state index contributed by atoms with van der Waals surface area (Å²) in [6, 6.07) is 3.65. The van der Waals surface area contributed by atoms with Gasteiger partial charge in [-0.15, -0.1) is 0 Å². The third-order valence-electron chi connectivity index (χ3n) is 5.49. The molecule has 4 aromatic rings. The Bertz CT molecular complexity index is 1350. The van der Waals surface area contributed by atoms with E-state index in [0.29, 0.717) is 23.3 Å². The first-order chi connectivity index (χ1) is 15.6. The van der Waals surface area contributed by atoms with E-state index in [-0.39, 0.29) is 6.54 Å². The van der Waals surface area contributed by atoms with Crippen LogP contribution in [0.25, 0.3) is 5.52 Å². The van der Waals surface area contributed by atoms with Crippen LogP contribution in [0.4, 0.5) is 13.2 Å². The quantitative estimate of drug-likeness (QED) is 0.484. The van der Waals surface area contributed by atoms with Gasteiger partial charge in [-0.1, -0.05) is 0 Å². The zero-order chi connectivity index (χ0) is 23.5. The van der Waals surface area contributed by atoms with Gasteiger partial charge in [-0.05, 0) is 32.0 Å². The lowest BCUT2D eigenvalue weighted by molar-refractivity contribution is 0.0440. The molecule has 0 aromatic carbocycles. The molecule has 1 aliphatic rings. The monoisotopic (exact) mass is 460 g/mol. The van der Waals surface area contributed by atoms with Gasteiger partial charge >= 0.3 is 0 Å². The first-order valence-electron chi connectivity index (χ1n) is 10.1. The van der Waals surface area contributed by atoms with Crippen LogP contribution in [0.1, 0.15) is 65.5 Å². The van der Waals surface area contributed by atoms with Gasteiger partial charge < -0.3 is 19.4 Å². The number of oxazole rings is 1. The van der Waals surface area contributed by atoms with Crippen LogP contribution in [0, 0.1) is 5.82 Å². The molecule has 4 aromatic heterocycles. The number of pyridine rings is 1. The van der Waals surface area contributed by atoms with Crippen molar-refractivity contribution < 1.29 is 27.5 Å². The average molecular weight is 460 g/mol. The third kappa shape index (κ3) is 3.55. The Balaban J connectivity index is 1.62. The Morgan fingerprint density at radius 1 is 1.36 bits per heavy atom. The van der Waals surface area contributed by atoms with Gasteiger partial charge in [-0.25, -0.2) is 27.7 Å². The Morgan fingerprint density at radius 3 is 2.88 bits per heavy atom. The molecule has 0 saturated heterocycles. The van der Waals surface area contributed by atoms with Crippen LogP contribution in [-0.4, -0.2) is 47.0 Å². The fourth-order valence-corrected chi connectivity index (χ4v) is 3.94. The first-order valence-corrected chi connectivity index (χ1v) is 10.1. The fourth-order valence-electron chi connectivity index (χ4n) is 3.94. The number of H-pyrrole nitrogens is 1. The van der Waals surface area contributed by atoms with Gasteiger partial charge in [0.05, 0.1) is 29.4 Å². The predicted molar refractivity (Wildman–Crippen MR) is 107 cm³/mol. The molecule has 5 heterocycles. The molecule has 2 N–H and O–H groups in total. The summed E-state index contributed by atoms with van der Waals surface area (Å²) in [4.78, 5) is 25.8. The Kier molecular flexibility index (Phi) is 4.78. The maximum atomic E-state index is 13.7. The number of carbonyl (C=O) groups excluding carboxylic acids is 1. The Hall–Kier alpha value is -3.67. The SMILES string of the molecule is CC(C)(O)c1nc(C(F)F)c(C(=O)N2CCc3[nH]cnc3[C@H]2c2cc3ccc(F)cn3n2)o1. The summed E-state index contributed by atoms with van der Waals surface area (Å²) >= 11 is 0. The van der Waals surface area contributed by atoms with Crippen molar-refractivity contribution in [2.45, 2.75) is 38.3 Å². The van der Waals surface area contributed by atoms with Gasteiger partial charge in [-0.3, -0.25) is 4.79 Å². The van der Waals surface area contributed by atoms with Crippen molar-refractivity contribution in [3.8, 4) is 0 Å². The van der Waals surface area contributed by atoms with E-state index in [1.165, 1.54) is 47.9 Å². The van der Waals surface area contributed by atoms with E-state index in [9.17, 15) is 23.1 Å². The lowest BCUT2D eigenvalue weighted by atomic mass is 9.99. The highest BCUT2D eigenvalue weighted by Crippen LogP contribution is 2.36. The molecule has 1 amide bonds. The molecular formula is C21H19F3N6O3. The molecule has 0 saturated carbocycles. The molecule has 0 aliphatic carbocycles. The van der Waals surface area contributed by atoms with Gasteiger partial charge in [-0.2, -0.15) is 5.10 Å². The molecule has 0 radical (unpaired) electrons. The number of alkyl halides is 2. The number of fused-ring (bicyclic) bond motifs is 2. The predicted octanol–water partition coefficient (Wildman–Crippen LogP) is 3.14. The normalized spacial score (nSPS) is 16.6. The van der Waals surface area contributed by atoms with Gasteiger partial charge in [0.1, 0.15) is 17.5 Å². The summed E-state index contributed by atoms with van der Waals surface area (Å²) in [5, 5.41) is 14.6. The summed E-state index contributed by atoms with van der Waals surface area (Å²) in [6.45, 7) is 2.79. The van der Waals surface area contributed by atoms with E-state index in [2.05, 4.69) is 20.1 Å². The summed E-state index contributed by atoms with van der Waals surface area (Å²) in [5.74, 6) is -2.37. The average Bonchev–Trinajstić information content (AvgIpc) is 3.48. The van der Waals surface area contributed by atoms with E-state index in [1.54, 1.807) is 6.07 Å². The maximum absolute atomic E-state index is 13.7. The molecule has 12 heteroatoms. The minimum absolute atomic E-state index is 0.155. The van der Waals surface area contributed by atoms with Crippen molar-refractivity contribution >= 4 is 11.4 Å². The molecule has 5 rings (SSSR count). The topological polar surface area (TPSA) is 113 Å². The highest BCUT2D eigenvalue weighted by Gasteiger charge is 2.40. The lowest BCUT2D eigenvalue weighted by Crippen LogP contribution is -2.41. The molecule has 0 fully saturated rings. The molecule has 9 nitrogen and oxygen atoms in total. The number of carbonyl (C=O) groups is 1. The summed E-state index contributed by atoms with van der Waals surface area (Å²) in [6.07, 6.45) is -0.0193. The Morgan fingerprint density at radius 2 is 2.15 bits per heavy atom. The van der Waals surface area contributed by atoms with Crippen LogP contribution in [-0.2, 0) is 12.0 Å².